The van der Waals surface area contributed by atoms with Crippen molar-refractivity contribution in [2.75, 3.05) is 6.61 Å². The average Bonchev–Trinajstić information content (AvgIpc) is 2.53. The molecule has 0 fully saturated rings. The molecule has 0 atom stereocenters. The minimum atomic E-state index is -0.553. The van der Waals surface area contributed by atoms with Crippen LogP contribution in [0, 0.1) is 0 Å². The van der Waals surface area contributed by atoms with Crippen LogP contribution in [0.4, 0.5) is 0 Å². The lowest BCUT2D eigenvalue weighted by atomic mass is 10.1. The van der Waals surface area contributed by atoms with E-state index in [0.717, 1.165) is 0 Å². The van der Waals surface area contributed by atoms with Gasteiger partial charge in [0, 0.05) is 6.20 Å². The Kier molecular flexibility index (Phi) is 21.8. The lowest BCUT2D eigenvalue weighted by Crippen LogP contribution is -2.11. The Morgan fingerprint density at radius 1 is 1.14 bits per heavy atom. The second-order valence-electron chi connectivity index (χ2n) is 2.75. The van der Waals surface area contributed by atoms with Gasteiger partial charge in [0.25, 0.3) is 0 Å². The quantitative estimate of drug-likeness (QED) is 0.341. The Bertz CT molecular complexity index is 382. The molecule has 0 aromatic carbocycles. The van der Waals surface area contributed by atoms with Crippen molar-refractivity contribution in [1.29, 1.82) is 0 Å². The molecule has 4 nitrogen and oxygen atoms in total. The molecule has 0 unspecified atom stereocenters. The summed E-state index contributed by atoms with van der Waals surface area (Å²) in [5.74, 6) is -0.936. The van der Waals surface area contributed by atoms with Gasteiger partial charge in [0.05, 0.1) is 12.2 Å². The predicted octanol–water partition coefficient (Wildman–Crippen LogP) is 4.95. The standard InChI is InChI=1S/C10H10ClNO3.3C2H6/c1-2-15-9(14)6-8(13)7-4-3-5-12-10(7)11;3*1-2/h3-5H,2,6H2,1H3;3*1-2H3. The first-order valence-corrected chi connectivity index (χ1v) is 7.82. The molecule has 5 heteroatoms. The molecule has 0 aliphatic heterocycles. The Labute approximate surface area is 133 Å². The van der Waals surface area contributed by atoms with E-state index in [9.17, 15) is 9.59 Å². The molecule has 0 saturated heterocycles. The van der Waals surface area contributed by atoms with E-state index in [0.29, 0.717) is 0 Å². The first-order chi connectivity index (χ1) is 10.1. The number of rotatable bonds is 4. The zero-order chi connectivity index (χ0) is 17.3. The third kappa shape index (κ3) is 12.1. The molecule has 1 aromatic heterocycles. The topological polar surface area (TPSA) is 56.3 Å². The van der Waals surface area contributed by atoms with Crippen molar-refractivity contribution in [2.24, 2.45) is 0 Å². The Balaban J connectivity index is -0.000000478. The highest BCUT2D eigenvalue weighted by molar-refractivity contribution is 6.33. The number of carbonyl (C=O) groups is 2. The second-order valence-corrected chi connectivity index (χ2v) is 3.10. The van der Waals surface area contributed by atoms with Gasteiger partial charge in [-0.3, -0.25) is 9.59 Å². The molecule has 0 amide bonds. The summed E-state index contributed by atoms with van der Waals surface area (Å²) >= 11 is 5.70. The Hall–Kier alpha value is -1.42. The van der Waals surface area contributed by atoms with Crippen LogP contribution in [-0.2, 0) is 9.53 Å². The summed E-state index contributed by atoms with van der Waals surface area (Å²) in [5, 5.41) is 0.104. The van der Waals surface area contributed by atoms with E-state index in [4.69, 9.17) is 11.6 Å². The van der Waals surface area contributed by atoms with Crippen molar-refractivity contribution in [2.45, 2.75) is 54.9 Å². The highest BCUT2D eigenvalue weighted by atomic mass is 35.5. The van der Waals surface area contributed by atoms with Crippen molar-refractivity contribution in [3.63, 3.8) is 0 Å². The van der Waals surface area contributed by atoms with Crippen molar-refractivity contribution in [3.8, 4) is 0 Å². The van der Waals surface area contributed by atoms with Gasteiger partial charge in [-0.1, -0.05) is 53.1 Å². The monoisotopic (exact) mass is 317 g/mol. The van der Waals surface area contributed by atoms with E-state index in [-0.39, 0.29) is 29.5 Å². The second kappa shape index (κ2) is 18.6. The number of carbonyl (C=O) groups excluding carboxylic acids is 2. The lowest BCUT2D eigenvalue weighted by molar-refractivity contribution is -0.141. The van der Waals surface area contributed by atoms with Crippen LogP contribution < -0.4 is 0 Å². The SMILES string of the molecule is CC.CC.CC.CCOC(=O)CC(=O)c1cccnc1Cl. The minimum absolute atomic E-state index is 0.104. The van der Waals surface area contributed by atoms with Crippen LogP contribution in [0.5, 0.6) is 0 Å². The van der Waals surface area contributed by atoms with Gasteiger partial charge in [-0.25, -0.2) is 4.98 Å². The van der Waals surface area contributed by atoms with Gasteiger partial charge in [0.1, 0.15) is 11.6 Å². The fraction of sp³-hybridized carbons (Fsp3) is 0.562. The highest BCUT2D eigenvalue weighted by Crippen LogP contribution is 2.13. The number of aromatic nitrogens is 1. The highest BCUT2D eigenvalue weighted by Gasteiger charge is 2.15. The number of pyridine rings is 1. The fourth-order valence-corrected chi connectivity index (χ4v) is 1.26. The third-order valence-corrected chi connectivity index (χ3v) is 1.97. The van der Waals surface area contributed by atoms with Crippen LogP contribution in [0.3, 0.4) is 0 Å². The summed E-state index contributed by atoms with van der Waals surface area (Å²) in [6.45, 7) is 13.9. The molecular weight excluding hydrogens is 290 g/mol. The lowest BCUT2D eigenvalue weighted by Gasteiger charge is -2.02. The number of ketones is 1. The first-order valence-electron chi connectivity index (χ1n) is 7.44. The number of ether oxygens (including phenoxy) is 1. The summed E-state index contributed by atoms with van der Waals surface area (Å²) in [7, 11) is 0. The van der Waals surface area contributed by atoms with Crippen molar-refractivity contribution in [1.82, 2.24) is 4.98 Å². The predicted molar refractivity (Wildman–Crippen MR) is 88.9 cm³/mol. The number of nitrogens with zero attached hydrogens (tertiary/aromatic N) is 1. The van der Waals surface area contributed by atoms with Crippen LogP contribution in [0.2, 0.25) is 5.15 Å². The average molecular weight is 318 g/mol. The maximum atomic E-state index is 11.5. The zero-order valence-electron chi connectivity index (χ0n) is 14.2. The summed E-state index contributed by atoms with van der Waals surface area (Å²) < 4.78 is 4.65. The molecule has 0 bridgehead atoms. The molecule has 1 aromatic rings. The number of hydrogen-bond donors (Lipinski definition) is 0. The number of hydrogen-bond acceptors (Lipinski definition) is 4. The maximum absolute atomic E-state index is 11.5. The number of halogens is 1. The van der Waals surface area contributed by atoms with Gasteiger partial charge >= 0.3 is 5.97 Å². The van der Waals surface area contributed by atoms with Crippen LogP contribution >= 0.6 is 11.6 Å². The summed E-state index contributed by atoms with van der Waals surface area (Å²) in [6, 6.07) is 3.11. The van der Waals surface area contributed by atoms with Crippen LogP contribution in [0.25, 0.3) is 0 Å². The molecular formula is C16H28ClNO3. The molecule has 0 aliphatic rings. The molecule has 0 N–H and O–H groups in total. The van der Waals surface area contributed by atoms with Crippen LogP contribution in [-0.4, -0.2) is 23.3 Å². The van der Waals surface area contributed by atoms with E-state index in [2.05, 4.69) is 9.72 Å². The van der Waals surface area contributed by atoms with Gasteiger partial charge in [0.2, 0.25) is 0 Å². The van der Waals surface area contributed by atoms with Crippen LogP contribution in [0.15, 0.2) is 18.3 Å². The summed E-state index contributed by atoms with van der Waals surface area (Å²) in [5.41, 5.74) is 0.243. The van der Waals surface area contributed by atoms with Gasteiger partial charge < -0.3 is 4.74 Å². The molecule has 21 heavy (non-hydrogen) atoms. The van der Waals surface area contributed by atoms with E-state index < -0.39 is 5.97 Å². The largest absolute Gasteiger partial charge is 0.466 e. The Morgan fingerprint density at radius 3 is 2.10 bits per heavy atom. The van der Waals surface area contributed by atoms with Crippen molar-refractivity contribution < 1.29 is 14.3 Å². The van der Waals surface area contributed by atoms with Crippen molar-refractivity contribution in [3.05, 3.63) is 29.0 Å². The Morgan fingerprint density at radius 2 is 1.67 bits per heavy atom. The molecule has 0 aliphatic carbocycles. The molecule has 122 valence electrons. The third-order valence-electron chi connectivity index (χ3n) is 1.67. The van der Waals surface area contributed by atoms with Gasteiger partial charge in [-0.05, 0) is 19.1 Å². The maximum Gasteiger partial charge on any atom is 0.313 e. The van der Waals surface area contributed by atoms with Gasteiger partial charge in [0.15, 0.2) is 5.78 Å². The van der Waals surface area contributed by atoms with Gasteiger partial charge in [-0.15, -0.1) is 0 Å². The normalized spacial score (nSPS) is 7.81. The van der Waals surface area contributed by atoms with E-state index in [1.54, 1.807) is 13.0 Å². The van der Waals surface area contributed by atoms with E-state index in [1.165, 1.54) is 12.3 Å². The van der Waals surface area contributed by atoms with E-state index >= 15 is 0 Å². The van der Waals surface area contributed by atoms with Gasteiger partial charge in [-0.2, -0.15) is 0 Å². The molecule has 1 heterocycles. The molecule has 0 saturated carbocycles. The molecule has 0 radical (unpaired) electrons. The van der Waals surface area contributed by atoms with E-state index in [1.807, 2.05) is 41.5 Å². The molecule has 1 rings (SSSR count). The minimum Gasteiger partial charge on any atom is -0.466 e. The van der Waals surface area contributed by atoms with Crippen LogP contribution in [0.1, 0.15) is 65.2 Å². The summed E-state index contributed by atoms with van der Waals surface area (Å²) in [4.78, 5) is 26.3. The first kappa shape index (κ1) is 24.6. The summed E-state index contributed by atoms with van der Waals surface area (Å²) in [6.07, 6.45) is 1.17. The van der Waals surface area contributed by atoms with Crippen molar-refractivity contribution >= 4 is 23.4 Å². The number of Topliss-reactive ketones (excluding diaryl/α,β-unsaturated/α-hetero) is 1. The zero-order valence-corrected chi connectivity index (χ0v) is 15.0. The number of esters is 1. The molecule has 0 spiro atoms. The smallest absolute Gasteiger partial charge is 0.313 e. The fourth-order valence-electron chi connectivity index (χ4n) is 1.03.